The quantitative estimate of drug-likeness (QED) is 0.929. The van der Waals surface area contributed by atoms with Gasteiger partial charge < -0.3 is 0 Å². The first kappa shape index (κ1) is 15.2. The molecule has 0 bridgehead atoms. The second-order valence-corrected chi connectivity index (χ2v) is 6.95. The van der Waals surface area contributed by atoms with Crippen molar-refractivity contribution >= 4 is 33.2 Å². The van der Waals surface area contributed by atoms with Crippen LogP contribution in [0.4, 0.5) is 0 Å². The average molecular weight is 335 g/mol. The number of hydrogen-bond donors (Lipinski definition) is 1. The highest BCUT2D eigenvalue weighted by Crippen LogP contribution is 2.31. The summed E-state index contributed by atoms with van der Waals surface area (Å²) in [7, 11) is -2.40. The van der Waals surface area contributed by atoms with Crippen LogP contribution in [0.1, 0.15) is 11.6 Å². The van der Waals surface area contributed by atoms with Crippen LogP contribution in [0.3, 0.4) is 0 Å². The molecule has 0 aliphatic carbocycles. The van der Waals surface area contributed by atoms with E-state index >= 15 is 0 Å². The topological polar surface area (TPSA) is 79.0 Å². The lowest BCUT2D eigenvalue weighted by Gasteiger charge is -2.17. The molecule has 0 atom stereocenters. The molecule has 1 aromatic heterocycles. The highest BCUT2D eigenvalue weighted by molar-refractivity contribution is 7.89. The van der Waals surface area contributed by atoms with E-state index in [0.717, 1.165) is 4.31 Å². The Kier molecular flexibility index (Phi) is 4.33. The van der Waals surface area contributed by atoms with Crippen molar-refractivity contribution in [1.29, 1.82) is 0 Å². The monoisotopic (exact) mass is 334 g/mol. The Morgan fingerprint density at radius 2 is 1.90 bits per heavy atom. The summed E-state index contributed by atoms with van der Waals surface area (Å²) < 4.78 is 26.1. The number of nitrogens with one attached hydrogen (secondary N) is 1. The van der Waals surface area contributed by atoms with E-state index in [1.807, 2.05) is 0 Å². The first-order chi connectivity index (χ1) is 9.32. The Balaban J connectivity index is 2.35. The summed E-state index contributed by atoms with van der Waals surface area (Å²) in [4.78, 5) is 3.95. The minimum Gasteiger partial charge on any atom is -0.263 e. The maximum Gasteiger partial charge on any atom is 0.246 e. The van der Waals surface area contributed by atoms with E-state index in [4.69, 9.17) is 23.2 Å². The van der Waals surface area contributed by atoms with Crippen molar-refractivity contribution in [2.45, 2.75) is 18.4 Å². The molecule has 1 heterocycles. The van der Waals surface area contributed by atoms with Gasteiger partial charge in [0.25, 0.3) is 0 Å². The molecule has 2 rings (SSSR count). The number of aromatic amines is 1. The van der Waals surface area contributed by atoms with Crippen LogP contribution >= 0.6 is 23.2 Å². The van der Waals surface area contributed by atoms with Gasteiger partial charge in [0, 0.05) is 7.05 Å². The molecule has 0 radical (unpaired) electrons. The van der Waals surface area contributed by atoms with Crippen LogP contribution in [0.25, 0.3) is 0 Å². The molecule has 0 saturated carbocycles. The summed E-state index contributed by atoms with van der Waals surface area (Å²) in [6.07, 6.45) is 0. The van der Waals surface area contributed by atoms with Gasteiger partial charge in [0.15, 0.2) is 5.82 Å². The highest BCUT2D eigenvalue weighted by atomic mass is 35.5. The van der Waals surface area contributed by atoms with Crippen LogP contribution in [0.5, 0.6) is 0 Å². The number of halogens is 2. The van der Waals surface area contributed by atoms with E-state index in [2.05, 4.69) is 15.2 Å². The van der Waals surface area contributed by atoms with Crippen molar-refractivity contribution in [3.8, 4) is 0 Å². The zero-order chi connectivity index (χ0) is 14.9. The number of rotatable bonds is 4. The molecule has 108 valence electrons. The third kappa shape index (κ3) is 2.95. The van der Waals surface area contributed by atoms with Gasteiger partial charge in [-0.15, -0.1) is 0 Å². The van der Waals surface area contributed by atoms with Crippen molar-refractivity contribution in [2.75, 3.05) is 7.05 Å². The van der Waals surface area contributed by atoms with E-state index in [1.54, 1.807) is 13.0 Å². The summed E-state index contributed by atoms with van der Waals surface area (Å²) in [6, 6.07) is 4.54. The van der Waals surface area contributed by atoms with Crippen LogP contribution in [0, 0.1) is 6.92 Å². The molecule has 9 heteroatoms. The van der Waals surface area contributed by atoms with Crippen molar-refractivity contribution in [3.05, 3.63) is 39.9 Å². The van der Waals surface area contributed by atoms with Crippen molar-refractivity contribution in [1.82, 2.24) is 19.5 Å². The molecule has 0 unspecified atom stereocenters. The largest absolute Gasteiger partial charge is 0.263 e. The van der Waals surface area contributed by atoms with Crippen molar-refractivity contribution in [2.24, 2.45) is 0 Å². The van der Waals surface area contributed by atoms with Crippen molar-refractivity contribution in [3.63, 3.8) is 0 Å². The molecule has 0 fully saturated rings. The minimum absolute atomic E-state index is 0.0220. The Morgan fingerprint density at radius 1 is 1.30 bits per heavy atom. The zero-order valence-corrected chi connectivity index (χ0v) is 13.1. The molecule has 1 N–H and O–H groups in total. The van der Waals surface area contributed by atoms with Crippen LogP contribution in [0.15, 0.2) is 23.1 Å². The zero-order valence-electron chi connectivity index (χ0n) is 10.8. The lowest BCUT2D eigenvalue weighted by Crippen LogP contribution is -2.27. The molecule has 2 aromatic rings. The third-order valence-electron chi connectivity index (χ3n) is 2.59. The maximum atomic E-state index is 12.5. The standard InChI is InChI=1S/C11H12Cl2N4O2S/c1-7-14-10(16-15-7)6-17(2)20(18,19)11-8(12)4-3-5-9(11)13/h3-5H,6H2,1-2H3,(H,14,15,16). The number of aromatic nitrogens is 3. The SMILES string of the molecule is Cc1nc(CN(C)S(=O)(=O)c2c(Cl)cccc2Cl)n[nH]1. The predicted octanol–water partition coefficient (Wildman–Crippen LogP) is 2.24. The van der Waals surface area contributed by atoms with Gasteiger partial charge in [0.05, 0.1) is 16.6 Å². The minimum atomic E-state index is -3.81. The first-order valence-electron chi connectivity index (χ1n) is 5.60. The first-order valence-corrected chi connectivity index (χ1v) is 7.80. The maximum absolute atomic E-state index is 12.5. The number of sulfonamides is 1. The lowest BCUT2D eigenvalue weighted by atomic mass is 10.4. The summed E-state index contributed by atoms with van der Waals surface area (Å²) in [5.41, 5.74) is 0. The fraction of sp³-hybridized carbons (Fsp3) is 0.273. The Hall–Kier alpha value is -1.15. The van der Waals surface area contributed by atoms with Gasteiger partial charge in [0.2, 0.25) is 10.0 Å². The van der Waals surface area contributed by atoms with Crippen LogP contribution in [-0.2, 0) is 16.6 Å². The summed E-state index contributed by atoms with van der Waals surface area (Å²) >= 11 is 11.9. The Labute approximate surface area is 126 Å². The molecule has 6 nitrogen and oxygen atoms in total. The third-order valence-corrected chi connectivity index (χ3v) is 5.35. The normalized spacial score (nSPS) is 12.1. The molecule has 0 saturated heterocycles. The summed E-state index contributed by atoms with van der Waals surface area (Å²) in [5, 5.41) is 6.71. The molecule has 0 aliphatic heterocycles. The van der Waals surface area contributed by atoms with Gasteiger partial charge in [-0.25, -0.2) is 13.4 Å². The molecule has 0 aliphatic rings. The van der Waals surface area contributed by atoms with E-state index in [9.17, 15) is 8.42 Å². The van der Waals surface area contributed by atoms with Gasteiger partial charge in [-0.2, -0.15) is 9.40 Å². The number of aryl methyl sites for hydroxylation is 1. The second-order valence-electron chi connectivity index (χ2n) is 4.15. The number of H-pyrrole nitrogens is 1. The highest BCUT2D eigenvalue weighted by Gasteiger charge is 2.27. The average Bonchev–Trinajstić information content (AvgIpc) is 2.74. The smallest absolute Gasteiger partial charge is 0.246 e. The molecule has 20 heavy (non-hydrogen) atoms. The van der Waals surface area contributed by atoms with Gasteiger partial charge >= 0.3 is 0 Å². The van der Waals surface area contributed by atoms with Gasteiger partial charge in [0.1, 0.15) is 10.7 Å². The molecular weight excluding hydrogens is 323 g/mol. The van der Waals surface area contributed by atoms with E-state index < -0.39 is 10.0 Å². The fourth-order valence-electron chi connectivity index (χ4n) is 1.63. The van der Waals surface area contributed by atoms with Crippen LogP contribution in [-0.4, -0.2) is 35.0 Å². The van der Waals surface area contributed by atoms with E-state index in [-0.39, 0.29) is 21.5 Å². The van der Waals surface area contributed by atoms with Gasteiger partial charge in [-0.1, -0.05) is 29.3 Å². The van der Waals surface area contributed by atoms with Gasteiger partial charge in [-0.05, 0) is 19.1 Å². The van der Waals surface area contributed by atoms with Crippen molar-refractivity contribution < 1.29 is 8.42 Å². The summed E-state index contributed by atoms with van der Waals surface area (Å²) in [5.74, 6) is 0.985. The number of nitrogens with zero attached hydrogens (tertiary/aromatic N) is 3. The Morgan fingerprint density at radius 3 is 2.40 bits per heavy atom. The Bertz CT molecular complexity index is 710. The fourth-order valence-corrected chi connectivity index (χ4v) is 3.84. The van der Waals surface area contributed by atoms with Crippen LogP contribution < -0.4 is 0 Å². The molecular formula is C11H12Cl2N4O2S. The molecule has 1 aromatic carbocycles. The van der Waals surface area contributed by atoms with E-state index in [1.165, 1.54) is 19.2 Å². The van der Waals surface area contributed by atoms with E-state index in [0.29, 0.717) is 11.6 Å². The lowest BCUT2D eigenvalue weighted by molar-refractivity contribution is 0.457. The van der Waals surface area contributed by atoms with Crippen LogP contribution in [0.2, 0.25) is 10.0 Å². The number of hydrogen-bond acceptors (Lipinski definition) is 4. The van der Waals surface area contributed by atoms with Gasteiger partial charge in [-0.3, -0.25) is 5.10 Å². The molecule has 0 amide bonds. The second kappa shape index (κ2) is 5.69. The molecule has 0 spiro atoms. The number of benzene rings is 1. The predicted molar refractivity (Wildman–Crippen MR) is 76.2 cm³/mol. The summed E-state index contributed by atoms with van der Waals surface area (Å²) in [6.45, 7) is 1.75.